The molecule has 2 amide bonds. The zero-order valence-electron chi connectivity index (χ0n) is 12.9. The number of nitrogens with two attached hydrogens (primary N) is 2. The summed E-state index contributed by atoms with van der Waals surface area (Å²) in [4.78, 5) is 25.0. The Morgan fingerprint density at radius 3 is 3.00 bits per heavy atom. The lowest BCUT2D eigenvalue weighted by Gasteiger charge is -2.09. The van der Waals surface area contributed by atoms with Gasteiger partial charge in [-0.15, -0.1) is 11.3 Å². The van der Waals surface area contributed by atoms with Gasteiger partial charge in [-0.05, 0) is 43.9 Å². The van der Waals surface area contributed by atoms with Crippen LogP contribution in [0.25, 0.3) is 0 Å². The number of furan rings is 1. The Balaban J connectivity index is 1.63. The average molecular weight is 334 g/mol. The molecule has 0 unspecified atom stereocenters. The summed E-state index contributed by atoms with van der Waals surface area (Å²) < 4.78 is 5.32. The molecule has 3 rings (SSSR count). The Bertz CT molecular complexity index is 721. The molecule has 23 heavy (non-hydrogen) atoms. The second kappa shape index (κ2) is 6.55. The number of primary amides is 1. The second-order valence-electron chi connectivity index (χ2n) is 5.72. The van der Waals surface area contributed by atoms with Crippen molar-refractivity contribution in [3.63, 3.8) is 0 Å². The number of quaternary nitrogens is 1. The summed E-state index contributed by atoms with van der Waals surface area (Å²) in [6, 6.07) is 3.76. The van der Waals surface area contributed by atoms with Crippen LogP contribution in [-0.4, -0.2) is 18.4 Å². The van der Waals surface area contributed by atoms with Gasteiger partial charge in [0.2, 0.25) is 0 Å². The smallest absolute Gasteiger partial charge is 0.280 e. The van der Waals surface area contributed by atoms with E-state index >= 15 is 0 Å². The molecule has 122 valence electrons. The molecule has 5 N–H and O–H groups in total. The van der Waals surface area contributed by atoms with Gasteiger partial charge in [0.1, 0.15) is 11.0 Å². The quantitative estimate of drug-likeness (QED) is 0.739. The maximum Gasteiger partial charge on any atom is 0.280 e. The van der Waals surface area contributed by atoms with E-state index in [1.54, 1.807) is 6.26 Å². The number of carbonyl (C=O) groups excluding carboxylic acids is 2. The van der Waals surface area contributed by atoms with Gasteiger partial charge in [0, 0.05) is 4.88 Å². The molecule has 0 aromatic carbocycles. The summed E-state index contributed by atoms with van der Waals surface area (Å²) in [6.45, 7) is 2.23. The minimum absolute atomic E-state index is 0.0553. The summed E-state index contributed by atoms with van der Waals surface area (Å²) in [5.41, 5.74) is 7.00. The predicted octanol–water partition coefficient (Wildman–Crippen LogP) is 1.19. The second-order valence-corrected chi connectivity index (χ2v) is 6.82. The van der Waals surface area contributed by atoms with Gasteiger partial charge in [-0.2, -0.15) is 0 Å². The Hall–Kier alpha value is -2.12. The molecule has 1 atom stereocenters. The molecule has 7 heteroatoms. The fraction of sp³-hybridized carbons (Fsp3) is 0.375. The molecule has 2 aromatic rings. The van der Waals surface area contributed by atoms with Crippen molar-refractivity contribution < 1.29 is 19.3 Å². The topological polar surface area (TPSA) is 102 Å². The summed E-state index contributed by atoms with van der Waals surface area (Å²) in [5, 5.41) is 5.32. The molecule has 1 aliphatic carbocycles. The largest absolute Gasteiger partial charge is 0.463 e. The number of hydrogen-bond acceptors (Lipinski definition) is 4. The molecule has 0 aliphatic heterocycles. The molecule has 0 bridgehead atoms. The molecular formula is C16H20N3O3S+. The van der Waals surface area contributed by atoms with Crippen LogP contribution in [0, 0.1) is 0 Å². The van der Waals surface area contributed by atoms with Crippen LogP contribution in [-0.2, 0) is 17.6 Å². The number of nitrogens with one attached hydrogen (secondary N) is 1. The van der Waals surface area contributed by atoms with E-state index in [0.717, 1.165) is 30.6 Å². The maximum absolute atomic E-state index is 12.2. The van der Waals surface area contributed by atoms with Crippen molar-refractivity contribution in [1.29, 1.82) is 0 Å². The minimum atomic E-state index is -0.465. The lowest BCUT2D eigenvalue weighted by atomic mass is 10.1. The lowest BCUT2D eigenvalue weighted by molar-refractivity contribution is -0.684. The Kier molecular flexibility index (Phi) is 4.49. The summed E-state index contributed by atoms with van der Waals surface area (Å²) in [6.07, 6.45) is 4.48. The van der Waals surface area contributed by atoms with E-state index in [4.69, 9.17) is 10.2 Å². The molecule has 0 saturated carbocycles. The standard InChI is InChI=1S/C16H19N3O3S/c1-9(11-5-3-7-22-11)18-8-13(20)19-16-14(15(17)21)10-4-2-6-12(10)23-16/h3,5,7,9,18H,2,4,6,8H2,1H3,(H2,17,21)(H,19,20)/p+1/t9-/m0/s1. The van der Waals surface area contributed by atoms with Crippen molar-refractivity contribution >= 4 is 28.2 Å². The number of hydrogen-bond donors (Lipinski definition) is 3. The van der Waals surface area contributed by atoms with Gasteiger partial charge >= 0.3 is 0 Å². The molecule has 2 heterocycles. The third-order valence-electron chi connectivity index (χ3n) is 4.07. The highest BCUT2D eigenvalue weighted by Crippen LogP contribution is 2.38. The van der Waals surface area contributed by atoms with Crippen LogP contribution in [0.5, 0.6) is 0 Å². The highest BCUT2D eigenvalue weighted by Gasteiger charge is 2.26. The van der Waals surface area contributed by atoms with Crippen LogP contribution >= 0.6 is 11.3 Å². The Morgan fingerprint density at radius 1 is 1.48 bits per heavy atom. The first-order valence-corrected chi connectivity index (χ1v) is 8.49. The van der Waals surface area contributed by atoms with Crippen molar-refractivity contribution in [2.45, 2.75) is 32.2 Å². The van der Waals surface area contributed by atoms with Crippen LogP contribution in [0.15, 0.2) is 22.8 Å². The molecule has 6 nitrogen and oxygen atoms in total. The highest BCUT2D eigenvalue weighted by molar-refractivity contribution is 7.17. The molecule has 0 radical (unpaired) electrons. The van der Waals surface area contributed by atoms with E-state index in [2.05, 4.69) is 5.32 Å². The van der Waals surface area contributed by atoms with Crippen LogP contribution in [0.2, 0.25) is 0 Å². The number of aryl methyl sites for hydroxylation is 1. The van der Waals surface area contributed by atoms with E-state index in [1.165, 1.54) is 16.2 Å². The molecule has 0 spiro atoms. The van der Waals surface area contributed by atoms with E-state index in [-0.39, 0.29) is 18.5 Å². The van der Waals surface area contributed by atoms with Crippen LogP contribution in [0.1, 0.15) is 45.9 Å². The molecule has 2 aromatic heterocycles. The van der Waals surface area contributed by atoms with Crippen molar-refractivity contribution in [2.24, 2.45) is 5.73 Å². The SMILES string of the molecule is C[C@H]([NH2+]CC(=O)Nc1sc2c(c1C(N)=O)CCC2)c1ccco1. The van der Waals surface area contributed by atoms with Gasteiger partial charge in [-0.3, -0.25) is 9.59 Å². The first kappa shape index (κ1) is 15.8. The first-order valence-electron chi connectivity index (χ1n) is 7.67. The van der Waals surface area contributed by atoms with Gasteiger partial charge in [-0.1, -0.05) is 0 Å². The Morgan fingerprint density at radius 2 is 2.30 bits per heavy atom. The third kappa shape index (κ3) is 3.30. The van der Waals surface area contributed by atoms with E-state index in [9.17, 15) is 9.59 Å². The summed E-state index contributed by atoms with van der Waals surface area (Å²) in [5.74, 6) is 0.212. The highest BCUT2D eigenvalue weighted by atomic mass is 32.1. The fourth-order valence-electron chi connectivity index (χ4n) is 2.88. The zero-order valence-corrected chi connectivity index (χ0v) is 13.7. The zero-order chi connectivity index (χ0) is 16.4. The van der Waals surface area contributed by atoms with E-state index in [1.807, 2.05) is 24.4 Å². The number of carbonyl (C=O) groups is 2. The van der Waals surface area contributed by atoms with Crippen LogP contribution in [0.3, 0.4) is 0 Å². The summed E-state index contributed by atoms with van der Waals surface area (Å²) in [7, 11) is 0. The van der Waals surface area contributed by atoms with Crippen molar-refractivity contribution in [2.75, 3.05) is 11.9 Å². The number of thiophene rings is 1. The van der Waals surface area contributed by atoms with Crippen molar-refractivity contribution in [3.8, 4) is 0 Å². The number of rotatable bonds is 6. The normalized spacial score (nSPS) is 14.5. The lowest BCUT2D eigenvalue weighted by Crippen LogP contribution is -2.86. The first-order chi connectivity index (χ1) is 11.1. The van der Waals surface area contributed by atoms with Gasteiger partial charge < -0.3 is 20.8 Å². The molecule has 0 saturated heterocycles. The maximum atomic E-state index is 12.2. The van der Waals surface area contributed by atoms with Crippen LogP contribution < -0.4 is 16.4 Å². The van der Waals surface area contributed by atoms with Gasteiger partial charge in [-0.25, -0.2) is 0 Å². The monoisotopic (exact) mass is 334 g/mol. The Labute approximate surface area is 138 Å². The van der Waals surface area contributed by atoms with Crippen molar-refractivity contribution in [1.82, 2.24) is 0 Å². The minimum Gasteiger partial charge on any atom is -0.463 e. The number of anilines is 1. The van der Waals surface area contributed by atoms with Gasteiger partial charge in [0.25, 0.3) is 11.8 Å². The average Bonchev–Trinajstić information content (AvgIpc) is 3.20. The third-order valence-corrected chi connectivity index (χ3v) is 5.28. The van der Waals surface area contributed by atoms with E-state index in [0.29, 0.717) is 10.6 Å². The van der Waals surface area contributed by atoms with Crippen molar-refractivity contribution in [3.05, 3.63) is 40.2 Å². The molecular weight excluding hydrogens is 314 g/mol. The number of amides is 2. The fourth-order valence-corrected chi connectivity index (χ4v) is 4.19. The summed E-state index contributed by atoms with van der Waals surface area (Å²) >= 11 is 1.47. The van der Waals surface area contributed by atoms with Gasteiger partial charge in [0.05, 0.1) is 11.8 Å². The predicted molar refractivity (Wildman–Crippen MR) is 87.4 cm³/mol. The molecule has 0 fully saturated rings. The molecule has 1 aliphatic rings. The van der Waals surface area contributed by atoms with Crippen LogP contribution in [0.4, 0.5) is 5.00 Å². The van der Waals surface area contributed by atoms with E-state index < -0.39 is 5.91 Å². The number of fused-ring (bicyclic) bond motifs is 1. The van der Waals surface area contributed by atoms with Gasteiger partial charge in [0.15, 0.2) is 12.3 Å².